The SMILES string of the molecule is CC/C=C\C/C=C\C/C=C\C/C=C\C/C=C\C/C=C\CCCCCCCCCCCCCCCCC(=O)OCC(COC(=O)CCCCCCC/C=C\CCCC)OC(=O)CCCCCCC/C=C\C/C=C\CCCCCC. The first-order valence-electron chi connectivity index (χ1n) is 32.9. The minimum absolute atomic E-state index is 0.0852. The number of ether oxygens (including phenoxy) is 3. The van der Waals surface area contributed by atoms with Gasteiger partial charge in [0, 0.05) is 19.3 Å². The summed E-state index contributed by atoms with van der Waals surface area (Å²) in [4.78, 5) is 38.2. The van der Waals surface area contributed by atoms with E-state index in [0.717, 1.165) is 128 Å². The lowest BCUT2D eigenvalue weighted by molar-refractivity contribution is -0.167. The Labute approximate surface area is 482 Å². The van der Waals surface area contributed by atoms with Gasteiger partial charge in [-0.05, 0) is 122 Å². The van der Waals surface area contributed by atoms with Crippen LogP contribution in [-0.4, -0.2) is 37.2 Å². The van der Waals surface area contributed by atoms with E-state index < -0.39 is 6.10 Å². The van der Waals surface area contributed by atoms with Crippen LogP contribution in [0, 0.1) is 0 Å². The molecule has 0 aromatic rings. The smallest absolute Gasteiger partial charge is 0.306 e. The van der Waals surface area contributed by atoms with E-state index in [1.165, 1.54) is 141 Å². The Kier molecular flexibility index (Phi) is 62.3. The third-order valence-electron chi connectivity index (χ3n) is 14.0. The van der Waals surface area contributed by atoms with Crippen molar-refractivity contribution in [2.24, 2.45) is 0 Å². The van der Waals surface area contributed by atoms with E-state index in [0.29, 0.717) is 19.3 Å². The van der Waals surface area contributed by atoms with Crippen LogP contribution < -0.4 is 0 Å². The van der Waals surface area contributed by atoms with E-state index in [-0.39, 0.29) is 31.1 Å². The van der Waals surface area contributed by atoms with Crippen molar-refractivity contribution in [3.63, 3.8) is 0 Å². The van der Waals surface area contributed by atoms with Gasteiger partial charge in [0.05, 0.1) is 0 Å². The second kappa shape index (κ2) is 65.6. The van der Waals surface area contributed by atoms with Gasteiger partial charge in [0.25, 0.3) is 0 Å². The average Bonchev–Trinajstić information content (AvgIpc) is 3.44. The Balaban J connectivity index is 4.17. The highest BCUT2D eigenvalue weighted by Crippen LogP contribution is 2.16. The zero-order valence-electron chi connectivity index (χ0n) is 51.2. The first kappa shape index (κ1) is 74.1. The number of rotatable bonds is 59. The van der Waals surface area contributed by atoms with Gasteiger partial charge in [-0.25, -0.2) is 0 Å². The molecule has 0 saturated heterocycles. The van der Waals surface area contributed by atoms with Crippen molar-refractivity contribution < 1.29 is 28.6 Å². The van der Waals surface area contributed by atoms with E-state index in [9.17, 15) is 14.4 Å². The highest BCUT2D eigenvalue weighted by molar-refractivity contribution is 5.71. The summed E-state index contributed by atoms with van der Waals surface area (Å²) in [6.45, 7) is 6.47. The molecule has 0 heterocycles. The quantitative estimate of drug-likeness (QED) is 0.0261. The Bertz CT molecular complexity index is 1570. The van der Waals surface area contributed by atoms with Crippen LogP contribution >= 0.6 is 0 Å². The zero-order chi connectivity index (χ0) is 56.4. The van der Waals surface area contributed by atoms with Gasteiger partial charge in [-0.2, -0.15) is 0 Å². The van der Waals surface area contributed by atoms with Crippen LogP contribution in [0.2, 0.25) is 0 Å². The average molecular weight is 1080 g/mol. The molecule has 0 aliphatic carbocycles. The molecule has 0 spiro atoms. The molecule has 0 aromatic carbocycles. The number of unbranched alkanes of at least 4 members (excludes halogenated alkanes) is 30. The van der Waals surface area contributed by atoms with E-state index in [2.05, 4.69) is 130 Å². The topological polar surface area (TPSA) is 78.9 Å². The lowest BCUT2D eigenvalue weighted by atomic mass is 10.0. The van der Waals surface area contributed by atoms with Crippen molar-refractivity contribution in [3.05, 3.63) is 109 Å². The molecule has 78 heavy (non-hydrogen) atoms. The summed E-state index contributed by atoms with van der Waals surface area (Å²) < 4.78 is 16.9. The van der Waals surface area contributed by atoms with Gasteiger partial charge in [0.2, 0.25) is 0 Å². The molecule has 0 N–H and O–H groups in total. The fraction of sp³-hybridized carbons (Fsp3) is 0.708. The first-order chi connectivity index (χ1) is 38.5. The largest absolute Gasteiger partial charge is 0.462 e. The third kappa shape index (κ3) is 62.9. The molecule has 0 aliphatic rings. The predicted molar refractivity (Wildman–Crippen MR) is 339 cm³/mol. The molecule has 1 unspecified atom stereocenters. The second-order valence-corrected chi connectivity index (χ2v) is 21.6. The van der Waals surface area contributed by atoms with Crippen molar-refractivity contribution >= 4 is 17.9 Å². The lowest BCUT2D eigenvalue weighted by Gasteiger charge is -2.18. The van der Waals surface area contributed by atoms with Crippen LogP contribution in [0.4, 0.5) is 0 Å². The van der Waals surface area contributed by atoms with E-state index in [4.69, 9.17) is 14.2 Å². The Morgan fingerprint density at radius 2 is 0.513 bits per heavy atom. The Morgan fingerprint density at radius 3 is 0.833 bits per heavy atom. The molecule has 6 heteroatoms. The van der Waals surface area contributed by atoms with Crippen LogP contribution in [0.3, 0.4) is 0 Å². The maximum Gasteiger partial charge on any atom is 0.306 e. The van der Waals surface area contributed by atoms with E-state index in [1.54, 1.807) is 0 Å². The monoisotopic (exact) mass is 1080 g/mol. The summed E-state index contributed by atoms with van der Waals surface area (Å²) in [7, 11) is 0. The number of carbonyl (C=O) groups excluding carboxylic acids is 3. The van der Waals surface area contributed by atoms with Gasteiger partial charge in [-0.1, -0.05) is 278 Å². The van der Waals surface area contributed by atoms with Gasteiger partial charge >= 0.3 is 17.9 Å². The highest BCUT2D eigenvalue weighted by atomic mass is 16.6. The van der Waals surface area contributed by atoms with Crippen molar-refractivity contribution in [2.75, 3.05) is 13.2 Å². The Hall–Kier alpha value is -3.93. The lowest BCUT2D eigenvalue weighted by Crippen LogP contribution is -2.30. The van der Waals surface area contributed by atoms with E-state index in [1.807, 2.05) is 0 Å². The minimum Gasteiger partial charge on any atom is -0.462 e. The molecular weight excluding hydrogens is 961 g/mol. The van der Waals surface area contributed by atoms with Crippen LogP contribution in [0.1, 0.15) is 310 Å². The third-order valence-corrected chi connectivity index (χ3v) is 14.0. The van der Waals surface area contributed by atoms with Crippen molar-refractivity contribution in [1.29, 1.82) is 0 Å². The molecule has 0 saturated carbocycles. The molecular formula is C72H122O6. The molecule has 0 aromatic heterocycles. The van der Waals surface area contributed by atoms with Gasteiger partial charge in [-0.15, -0.1) is 0 Å². The van der Waals surface area contributed by atoms with Gasteiger partial charge in [-0.3, -0.25) is 14.4 Å². The molecule has 0 aliphatic heterocycles. The Morgan fingerprint density at radius 1 is 0.269 bits per heavy atom. The predicted octanol–water partition coefficient (Wildman–Crippen LogP) is 22.6. The number of esters is 3. The highest BCUT2D eigenvalue weighted by Gasteiger charge is 2.19. The van der Waals surface area contributed by atoms with Gasteiger partial charge in [0.15, 0.2) is 6.10 Å². The summed E-state index contributed by atoms with van der Waals surface area (Å²) >= 11 is 0. The summed E-state index contributed by atoms with van der Waals surface area (Å²) in [5.74, 6) is -0.902. The molecule has 6 nitrogen and oxygen atoms in total. The van der Waals surface area contributed by atoms with Crippen LogP contribution in [0.25, 0.3) is 0 Å². The zero-order valence-corrected chi connectivity index (χ0v) is 51.2. The summed E-state index contributed by atoms with van der Waals surface area (Å²) in [5, 5.41) is 0. The fourth-order valence-corrected chi connectivity index (χ4v) is 9.05. The van der Waals surface area contributed by atoms with Crippen LogP contribution in [-0.2, 0) is 28.6 Å². The first-order valence-corrected chi connectivity index (χ1v) is 32.9. The summed E-state index contributed by atoms with van der Waals surface area (Å²) in [6.07, 6.45) is 89.7. The van der Waals surface area contributed by atoms with Crippen LogP contribution in [0.5, 0.6) is 0 Å². The maximum atomic E-state index is 12.9. The van der Waals surface area contributed by atoms with Gasteiger partial charge < -0.3 is 14.2 Å². The molecule has 0 amide bonds. The molecule has 0 fully saturated rings. The van der Waals surface area contributed by atoms with Crippen molar-refractivity contribution in [1.82, 2.24) is 0 Å². The second-order valence-electron chi connectivity index (χ2n) is 21.6. The molecule has 0 radical (unpaired) electrons. The maximum absolute atomic E-state index is 12.9. The number of hydrogen-bond donors (Lipinski definition) is 0. The summed E-state index contributed by atoms with van der Waals surface area (Å²) in [5.41, 5.74) is 0. The summed E-state index contributed by atoms with van der Waals surface area (Å²) in [6, 6.07) is 0. The standard InChI is InChI=1S/C72H122O6/c1-4-7-10-13-16-19-22-24-26-28-29-30-31-32-33-34-35-36-37-38-39-40-41-42-43-44-46-47-50-53-56-59-62-65-71(74)77-68-69(67-76-70(73)64-61-58-55-52-49-21-18-15-12-9-6-3)78-72(75)66-63-60-57-54-51-48-45-27-25-23-20-17-14-11-8-5-2/h7,10,15-16,18-20,23-24,26-27,29-30,32-33,35-36,45,69H,4-6,8-9,11-14,17,21-22,25,28,31,34,37-44,46-68H2,1-3H3/b10-7-,18-15-,19-16-,23-20-,26-24-,30-29-,33-32-,36-35-,45-27-. The minimum atomic E-state index is -0.789. The molecule has 446 valence electrons. The van der Waals surface area contributed by atoms with Crippen molar-refractivity contribution in [2.45, 2.75) is 316 Å². The fourth-order valence-electron chi connectivity index (χ4n) is 9.05. The molecule has 0 rings (SSSR count). The van der Waals surface area contributed by atoms with Gasteiger partial charge in [0.1, 0.15) is 13.2 Å². The number of allylic oxidation sites excluding steroid dienone is 18. The molecule has 1 atom stereocenters. The van der Waals surface area contributed by atoms with Crippen LogP contribution in [0.15, 0.2) is 109 Å². The number of carbonyl (C=O) groups is 3. The number of hydrogen-bond acceptors (Lipinski definition) is 6. The normalized spacial score (nSPS) is 12.8. The van der Waals surface area contributed by atoms with E-state index >= 15 is 0 Å². The molecule has 0 bridgehead atoms. The van der Waals surface area contributed by atoms with Crippen molar-refractivity contribution in [3.8, 4) is 0 Å².